The normalized spacial score (nSPS) is 12.7. The second-order valence-corrected chi connectivity index (χ2v) is 6.34. The molecule has 0 N–H and O–H groups in total. The van der Waals surface area contributed by atoms with Crippen LogP contribution in [0.5, 0.6) is 0 Å². The molecule has 0 unspecified atom stereocenters. The molecule has 106 valence electrons. The average molecular weight is 294 g/mol. The van der Waals surface area contributed by atoms with Gasteiger partial charge in [0.2, 0.25) is 0 Å². The lowest BCUT2D eigenvalue weighted by Crippen LogP contribution is -2.23. The Morgan fingerprint density at radius 3 is 2.32 bits per heavy atom. The first-order chi connectivity index (χ1) is 8.55. The van der Waals surface area contributed by atoms with Crippen molar-refractivity contribution in [3.05, 3.63) is 29.8 Å². The maximum absolute atomic E-state index is 12.4. The molecule has 0 saturated carbocycles. The minimum Gasteiger partial charge on any atom is -0.299 e. The zero-order valence-corrected chi connectivity index (χ0v) is 11.2. The van der Waals surface area contributed by atoms with E-state index < -0.39 is 20.2 Å². The Morgan fingerprint density at radius 1 is 1.26 bits per heavy atom. The van der Waals surface area contributed by atoms with Crippen molar-refractivity contribution in [2.75, 3.05) is 0 Å². The number of rotatable bonds is 4. The summed E-state index contributed by atoms with van der Waals surface area (Å²) >= 11 is 0. The van der Waals surface area contributed by atoms with Gasteiger partial charge in [-0.2, -0.15) is 13.2 Å². The number of sulfone groups is 1. The summed E-state index contributed by atoms with van der Waals surface area (Å²) in [6.07, 6.45) is -0.0844. The quantitative estimate of drug-likeness (QED) is 0.858. The van der Waals surface area contributed by atoms with Crippen LogP contribution in [0.1, 0.15) is 19.4 Å². The third-order valence-electron chi connectivity index (χ3n) is 2.54. The lowest BCUT2D eigenvalue weighted by molar-refractivity contribution is -0.121. The van der Waals surface area contributed by atoms with Gasteiger partial charge >= 0.3 is 5.51 Å². The fourth-order valence-electron chi connectivity index (χ4n) is 1.36. The van der Waals surface area contributed by atoms with Gasteiger partial charge in [-0.1, -0.05) is 26.0 Å². The minimum absolute atomic E-state index is 0.0844. The van der Waals surface area contributed by atoms with E-state index in [0.717, 1.165) is 12.1 Å². The summed E-state index contributed by atoms with van der Waals surface area (Å²) in [5, 5.41) is 0. The molecule has 1 aromatic carbocycles. The molecule has 1 rings (SSSR count). The third-order valence-corrected chi connectivity index (χ3v) is 4.02. The predicted octanol–water partition coefficient (Wildman–Crippen LogP) is 2.75. The monoisotopic (exact) mass is 294 g/mol. The summed E-state index contributed by atoms with van der Waals surface area (Å²) < 4.78 is 59.6. The average Bonchev–Trinajstić information content (AvgIpc) is 2.27. The lowest BCUT2D eigenvalue weighted by Gasteiger charge is -2.10. The Morgan fingerprint density at radius 2 is 1.84 bits per heavy atom. The number of alkyl halides is 3. The zero-order chi connectivity index (χ0) is 14.8. The van der Waals surface area contributed by atoms with Crippen molar-refractivity contribution in [1.29, 1.82) is 0 Å². The van der Waals surface area contributed by atoms with Crippen LogP contribution in [-0.2, 0) is 21.1 Å². The first kappa shape index (κ1) is 15.7. The van der Waals surface area contributed by atoms with E-state index in [9.17, 15) is 26.4 Å². The summed E-state index contributed by atoms with van der Waals surface area (Å²) in [5.74, 6) is -0.426. The van der Waals surface area contributed by atoms with Crippen LogP contribution in [0, 0.1) is 5.92 Å². The van der Waals surface area contributed by atoms with Crippen molar-refractivity contribution in [2.45, 2.75) is 30.7 Å². The molecule has 7 heteroatoms. The molecule has 0 atom stereocenters. The topological polar surface area (TPSA) is 51.2 Å². The van der Waals surface area contributed by atoms with Gasteiger partial charge < -0.3 is 0 Å². The minimum atomic E-state index is -5.37. The van der Waals surface area contributed by atoms with Gasteiger partial charge in [0.1, 0.15) is 5.78 Å². The van der Waals surface area contributed by atoms with E-state index >= 15 is 0 Å². The molecule has 0 saturated heterocycles. The van der Waals surface area contributed by atoms with Crippen molar-refractivity contribution < 1.29 is 26.4 Å². The lowest BCUT2D eigenvalue weighted by atomic mass is 10.0. The van der Waals surface area contributed by atoms with Crippen LogP contribution in [0.4, 0.5) is 13.2 Å². The molecule has 19 heavy (non-hydrogen) atoms. The maximum Gasteiger partial charge on any atom is 0.501 e. The molecular weight excluding hydrogens is 281 g/mol. The molecule has 0 heterocycles. The number of hydrogen-bond acceptors (Lipinski definition) is 3. The molecule has 0 aliphatic rings. The van der Waals surface area contributed by atoms with Gasteiger partial charge in [-0.05, 0) is 17.7 Å². The van der Waals surface area contributed by atoms with Crippen LogP contribution in [0.2, 0.25) is 0 Å². The van der Waals surface area contributed by atoms with Crippen LogP contribution < -0.4 is 0 Å². The Bertz CT molecular complexity index is 574. The first-order valence-corrected chi connectivity index (χ1v) is 6.97. The number of halogens is 3. The van der Waals surface area contributed by atoms with E-state index in [1.807, 2.05) is 0 Å². The van der Waals surface area contributed by atoms with Crippen molar-refractivity contribution in [1.82, 2.24) is 0 Å². The molecule has 0 aromatic heterocycles. The number of benzene rings is 1. The molecule has 3 nitrogen and oxygen atoms in total. The van der Waals surface area contributed by atoms with E-state index in [0.29, 0.717) is 0 Å². The van der Waals surface area contributed by atoms with E-state index in [-0.39, 0.29) is 23.7 Å². The molecular formula is C12H13F3O3S. The van der Waals surface area contributed by atoms with Gasteiger partial charge in [0, 0.05) is 12.3 Å². The molecule has 0 radical (unpaired) electrons. The highest BCUT2D eigenvalue weighted by molar-refractivity contribution is 7.92. The molecule has 1 aromatic rings. The van der Waals surface area contributed by atoms with E-state index in [1.165, 1.54) is 12.1 Å². The van der Waals surface area contributed by atoms with E-state index in [1.54, 1.807) is 13.8 Å². The van der Waals surface area contributed by atoms with Crippen molar-refractivity contribution in [2.24, 2.45) is 5.92 Å². The van der Waals surface area contributed by atoms with Gasteiger partial charge in [-0.3, -0.25) is 4.79 Å². The van der Waals surface area contributed by atoms with Gasteiger partial charge in [-0.15, -0.1) is 0 Å². The van der Waals surface area contributed by atoms with Crippen molar-refractivity contribution >= 4 is 15.6 Å². The Kier molecular flexibility index (Phi) is 4.39. The molecule has 0 spiro atoms. The van der Waals surface area contributed by atoms with Crippen molar-refractivity contribution in [3.8, 4) is 0 Å². The van der Waals surface area contributed by atoms with Gasteiger partial charge in [0.05, 0.1) is 4.90 Å². The van der Waals surface area contributed by atoms with Crippen LogP contribution >= 0.6 is 0 Å². The zero-order valence-electron chi connectivity index (χ0n) is 10.4. The fourth-order valence-corrected chi connectivity index (χ4v) is 2.19. The fraction of sp³-hybridized carbons (Fsp3) is 0.417. The van der Waals surface area contributed by atoms with Crippen LogP contribution in [-0.4, -0.2) is 19.7 Å². The number of ketones is 1. The molecule has 0 bridgehead atoms. The van der Waals surface area contributed by atoms with E-state index in [2.05, 4.69) is 0 Å². The van der Waals surface area contributed by atoms with Gasteiger partial charge in [0.15, 0.2) is 0 Å². The summed E-state index contributed by atoms with van der Waals surface area (Å²) in [4.78, 5) is 10.7. The third kappa shape index (κ3) is 3.56. The van der Waals surface area contributed by atoms with Crippen molar-refractivity contribution in [3.63, 3.8) is 0 Å². The Labute approximate surface area is 109 Å². The number of hydrogen-bond donors (Lipinski definition) is 0. The molecule has 0 aliphatic carbocycles. The van der Waals surface area contributed by atoms with E-state index in [4.69, 9.17) is 0 Å². The second kappa shape index (κ2) is 5.32. The second-order valence-electron chi connectivity index (χ2n) is 4.39. The highest BCUT2D eigenvalue weighted by atomic mass is 32.2. The van der Waals surface area contributed by atoms with Gasteiger partial charge in [0.25, 0.3) is 9.84 Å². The summed E-state index contributed by atoms with van der Waals surface area (Å²) in [6.45, 7) is 3.33. The smallest absolute Gasteiger partial charge is 0.299 e. The van der Waals surface area contributed by atoms with Crippen LogP contribution in [0.25, 0.3) is 0 Å². The van der Waals surface area contributed by atoms with Crippen LogP contribution in [0.3, 0.4) is 0 Å². The highest BCUT2D eigenvalue weighted by Gasteiger charge is 2.46. The molecule has 0 amide bonds. The Hall–Kier alpha value is -1.37. The standard InChI is InChI=1S/C12H13F3O3S/c1-8(2)11(16)7-9-4-3-5-10(6-9)19(17,18)12(13,14)15/h3-6,8H,7H2,1-2H3. The predicted molar refractivity (Wildman–Crippen MR) is 63.2 cm³/mol. The summed E-state index contributed by atoms with van der Waals surface area (Å²) in [5.41, 5.74) is -5.09. The first-order valence-electron chi connectivity index (χ1n) is 5.48. The molecule has 0 aliphatic heterocycles. The van der Waals surface area contributed by atoms with Gasteiger partial charge in [-0.25, -0.2) is 8.42 Å². The van der Waals surface area contributed by atoms with Crippen LogP contribution in [0.15, 0.2) is 29.2 Å². The molecule has 0 fully saturated rings. The largest absolute Gasteiger partial charge is 0.501 e. The number of carbonyl (C=O) groups excluding carboxylic acids is 1. The summed E-state index contributed by atoms with van der Waals surface area (Å²) in [7, 11) is -5.37. The Balaban J connectivity index is 3.12. The number of Topliss-reactive ketones (excluding diaryl/α,β-unsaturated/α-hetero) is 1. The highest BCUT2D eigenvalue weighted by Crippen LogP contribution is 2.30. The summed E-state index contributed by atoms with van der Waals surface area (Å²) in [6, 6.07) is 4.38. The SMILES string of the molecule is CC(C)C(=O)Cc1cccc(S(=O)(=O)C(F)(F)F)c1. The number of carbonyl (C=O) groups is 1. The maximum atomic E-state index is 12.4.